The smallest absolute Gasteiger partial charge is 0.331 e. The van der Waals surface area contributed by atoms with Gasteiger partial charge in [-0.15, -0.1) is 0 Å². The summed E-state index contributed by atoms with van der Waals surface area (Å²) in [5.74, 6) is -2.18. The third-order valence-electron chi connectivity index (χ3n) is 2.22. The summed E-state index contributed by atoms with van der Waals surface area (Å²) < 4.78 is 0. The van der Waals surface area contributed by atoms with Crippen molar-refractivity contribution in [2.24, 2.45) is 0 Å². The zero-order valence-electron chi connectivity index (χ0n) is 9.85. The van der Waals surface area contributed by atoms with Gasteiger partial charge in [0.1, 0.15) is 0 Å². The lowest BCUT2D eigenvalue weighted by atomic mass is 10.1. The van der Waals surface area contributed by atoms with Crippen LogP contribution in [0.25, 0.3) is 0 Å². The number of aliphatic carboxylic acids is 2. The van der Waals surface area contributed by atoms with Gasteiger partial charge < -0.3 is 15.3 Å². The quantitative estimate of drug-likeness (QED) is 0.443. The molecule has 0 radical (unpaired) electrons. The van der Waals surface area contributed by atoms with Crippen LogP contribution in [0.3, 0.4) is 0 Å². The van der Waals surface area contributed by atoms with E-state index in [9.17, 15) is 9.59 Å². The number of carboxylic acid groups (broad SMARTS) is 2. The molecule has 5 nitrogen and oxygen atoms in total. The fraction of sp³-hybridized carbons (Fsp3) is 0.500. The SMILES string of the molecule is CCCCC(=CC=C(CCO)C(=O)O)C(=O)O. The molecular weight excluding hydrogens is 224 g/mol. The Morgan fingerprint density at radius 1 is 1.00 bits per heavy atom. The number of carbonyl (C=O) groups is 2. The Morgan fingerprint density at radius 2 is 1.47 bits per heavy atom. The van der Waals surface area contributed by atoms with Crippen molar-refractivity contribution in [3.63, 3.8) is 0 Å². The van der Waals surface area contributed by atoms with Crippen molar-refractivity contribution in [3.05, 3.63) is 23.3 Å². The lowest BCUT2D eigenvalue weighted by Crippen LogP contribution is -2.04. The van der Waals surface area contributed by atoms with Crippen LogP contribution < -0.4 is 0 Å². The number of hydrogen-bond acceptors (Lipinski definition) is 3. The van der Waals surface area contributed by atoms with Gasteiger partial charge in [-0.1, -0.05) is 25.5 Å². The first-order valence-corrected chi connectivity index (χ1v) is 5.50. The van der Waals surface area contributed by atoms with Gasteiger partial charge in [0.15, 0.2) is 0 Å². The number of allylic oxidation sites excluding steroid dienone is 2. The summed E-state index contributed by atoms with van der Waals surface area (Å²) in [6.07, 6.45) is 4.58. The van der Waals surface area contributed by atoms with Gasteiger partial charge in [0, 0.05) is 24.2 Å². The highest BCUT2D eigenvalue weighted by Crippen LogP contribution is 2.10. The molecule has 0 amide bonds. The molecule has 0 aliphatic heterocycles. The Kier molecular flexibility index (Phi) is 7.71. The Morgan fingerprint density at radius 3 is 1.82 bits per heavy atom. The fourth-order valence-corrected chi connectivity index (χ4v) is 1.21. The molecule has 3 N–H and O–H groups in total. The summed E-state index contributed by atoms with van der Waals surface area (Å²) in [5.41, 5.74) is 0.186. The van der Waals surface area contributed by atoms with Crippen molar-refractivity contribution in [2.75, 3.05) is 6.61 Å². The third-order valence-corrected chi connectivity index (χ3v) is 2.22. The maximum Gasteiger partial charge on any atom is 0.331 e. The highest BCUT2D eigenvalue weighted by Gasteiger charge is 2.08. The van der Waals surface area contributed by atoms with Gasteiger partial charge >= 0.3 is 11.9 Å². The molecule has 0 saturated heterocycles. The second-order valence-electron chi connectivity index (χ2n) is 3.57. The van der Waals surface area contributed by atoms with Gasteiger partial charge in [0.2, 0.25) is 0 Å². The van der Waals surface area contributed by atoms with Gasteiger partial charge in [-0.05, 0) is 12.8 Å². The van der Waals surface area contributed by atoms with Crippen LogP contribution in [-0.2, 0) is 9.59 Å². The first-order chi connectivity index (χ1) is 8.02. The topological polar surface area (TPSA) is 94.8 Å². The zero-order chi connectivity index (χ0) is 13.3. The molecule has 5 heteroatoms. The van der Waals surface area contributed by atoms with Crippen LogP contribution in [-0.4, -0.2) is 33.9 Å². The minimum absolute atomic E-state index is 0.00254. The van der Waals surface area contributed by atoms with Crippen LogP contribution in [0.4, 0.5) is 0 Å². The molecule has 0 unspecified atom stereocenters. The van der Waals surface area contributed by atoms with Crippen LogP contribution in [0, 0.1) is 0 Å². The van der Waals surface area contributed by atoms with Crippen molar-refractivity contribution in [3.8, 4) is 0 Å². The Labute approximate surface area is 100 Å². The Balaban J connectivity index is 4.83. The Hall–Kier alpha value is -1.62. The van der Waals surface area contributed by atoms with Crippen LogP contribution in [0.15, 0.2) is 23.3 Å². The average molecular weight is 242 g/mol. The molecule has 96 valence electrons. The number of aliphatic hydroxyl groups is 1. The predicted octanol–water partition coefficient (Wildman–Crippen LogP) is 1.58. The lowest BCUT2D eigenvalue weighted by molar-refractivity contribution is -0.134. The largest absolute Gasteiger partial charge is 0.478 e. The number of hydrogen-bond donors (Lipinski definition) is 3. The van der Waals surface area contributed by atoms with Gasteiger partial charge in [0.25, 0.3) is 0 Å². The summed E-state index contributed by atoms with van der Waals surface area (Å²) in [7, 11) is 0. The van der Waals surface area contributed by atoms with Crippen molar-refractivity contribution in [2.45, 2.75) is 32.6 Å². The molecule has 0 heterocycles. The predicted molar refractivity (Wildman–Crippen MR) is 62.7 cm³/mol. The minimum atomic E-state index is -1.14. The van der Waals surface area contributed by atoms with E-state index in [2.05, 4.69) is 0 Å². The fourth-order valence-electron chi connectivity index (χ4n) is 1.21. The van der Waals surface area contributed by atoms with Crippen LogP contribution in [0.5, 0.6) is 0 Å². The molecule has 0 aliphatic rings. The second-order valence-corrected chi connectivity index (χ2v) is 3.57. The number of carboxylic acids is 2. The van der Waals surface area contributed by atoms with Gasteiger partial charge in [-0.25, -0.2) is 9.59 Å². The maximum absolute atomic E-state index is 10.9. The Bertz CT molecular complexity index is 328. The maximum atomic E-state index is 10.9. The molecule has 0 aromatic carbocycles. The summed E-state index contributed by atoms with van der Waals surface area (Å²) in [4.78, 5) is 21.6. The van der Waals surface area contributed by atoms with Gasteiger partial charge in [0.05, 0.1) is 0 Å². The number of unbranched alkanes of at least 4 members (excludes halogenated alkanes) is 1. The second kappa shape index (κ2) is 8.52. The molecule has 0 saturated carbocycles. The molecule has 0 atom stereocenters. The van der Waals surface area contributed by atoms with E-state index in [0.29, 0.717) is 6.42 Å². The number of rotatable bonds is 8. The normalized spacial score (nSPS) is 12.6. The lowest BCUT2D eigenvalue weighted by Gasteiger charge is -2.00. The van der Waals surface area contributed by atoms with Crippen LogP contribution in [0.2, 0.25) is 0 Å². The first-order valence-electron chi connectivity index (χ1n) is 5.50. The summed E-state index contributed by atoms with van der Waals surface area (Å²) in [6.45, 7) is 1.67. The van der Waals surface area contributed by atoms with E-state index in [1.807, 2.05) is 6.92 Å². The van der Waals surface area contributed by atoms with Crippen LogP contribution >= 0.6 is 0 Å². The molecule has 0 aliphatic carbocycles. The van der Waals surface area contributed by atoms with Crippen molar-refractivity contribution in [1.29, 1.82) is 0 Å². The van der Waals surface area contributed by atoms with E-state index < -0.39 is 11.9 Å². The van der Waals surface area contributed by atoms with Gasteiger partial charge in [-0.2, -0.15) is 0 Å². The molecule has 0 bridgehead atoms. The van der Waals surface area contributed by atoms with E-state index in [1.165, 1.54) is 12.2 Å². The van der Waals surface area contributed by atoms with Crippen molar-refractivity contribution >= 4 is 11.9 Å². The van der Waals surface area contributed by atoms with E-state index in [1.54, 1.807) is 0 Å². The van der Waals surface area contributed by atoms with E-state index in [0.717, 1.165) is 12.8 Å². The van der Waals surface area contributed by atoms with E-state index >= 15 is 0 Å². The van der Waals surface area contributed by atoms with Crippen molar-refractivity contribution in [1.82, 2.24) is 0 Å². The summed E-state index contributed by atoms with van der Waals surface area (Å²) >= 11 is 0. The monoisotopic (exact) mass is 242 g/mol. The molecule has 0 aromatic rings. The van der Waals surface area contributed by atoms with E-state index in [4.69, 9.17) is 15.3 Å². The highest BCUT2D eigenvalue weighted by atomic mass is 16.4. The molecule has 0 rings (SSSR count). The van der Waals surface area contributed by atoms with E-state index in [-0.39, 0.29) is 24.2 Å². The molecular formula is C12H18O5. The third kappa shape index (κ3) is 6.52. The summed E-state index contributed by atoms with van der Waals surface area (Å²) in [6, 6.07) is 0. The average Bonchev–Trinajstić information content (AvgIpc) is 2.26. The summed E-state index contributed by atoms with van der Waals surface area (Å²) in [5, 5.41) is 26.3. The van der Waals surface area contributed by atoms with Crippen LogP contribution in [0.1, 0.15) is 32.6 Å². The molecule has 0 spiro atoms. The highest BCUT2D eigenvalue weighted by molar-refractivity contribution is 5.89. The number of aliphatic hydroxyl groups excluding tert-OH is 1. The zero-order valence-corrected chi connectivity index (χ0v) is 9.85. The standard InChI is InChI=1S/C12H18O5/c1-2-3-4-9(11(14)15)5-6-10(7-8-13)12(16)17/h5-6,13H,2-4,7-8H2,1H3,(H,14,15)(H,16,17). The minimum Gasteiger partial charge on any atom is -0.478 e. The van der Waals surface area contributed by atoms with Crippen molar-refractivity contribution < 1.29 is 24.9 Å². The molecule has 0 aromatic heterocycles. The van der Waals surface area contributed by atoms with Gasteiger partial charge in [-0.3, -0.25) is 0 Å². The molecule has 17 heavy (non-hydrogen) atoms. The molecule has 0 fully saturated rings. The first kappa shape index (κ1) is 15.4.